The summed E-state index contributed by atoms with van der Waals surface area (Å²) in [5, 5.41) is 13.2. The van der Waals surface area contributed by atoms with E-state index in [1.807, 2.05) is 57.5 Å². The Morgan fingerprint density at radius 2 is 1.88 bits per heavy atom. The quantitative estimate of drug-likeness (QED) is 0.380. The molecule has 0 spiro atoms. The predicted octanol–water partition coefficient (Wildman–Crippen LogP) is 4.98. The molecule has 2 heterocycles. The van der Waals surface area contributed by atoms with E-state index in [0.717, 1.165) is 21.7 Å². The number of amides is 2. The molecule has 1 aliphatic rings. The maximum atomic E-state index is 13.8. The number of aliphatic hydroxyl groups is 1. The van der Waals surface area contributed by atoms with Gasteiger partial charge in [-0.2, -0.15) is 0 Å². The summed E-state index contributed by atoms with van der Waals surface area (Å²) in [6, 6.07) is 12.8. The smallest absolute Gasteiger partial charge is 0.246 e. The third-order valence-electron chi connectivity index (χ3n) is 7.21. The van der Waals surface area contributed by atoms with E-state index in [9.17, 15) is 19.5 Å². The van der Waals surface area contributed by atoms with Crippen LogP contribution in [0.4, 0.5) is 5.69 Å². The van der Waals surface area contributed by atoms with Crippen LogP contribution in [0.2, 0.25) is 0 Å². The van der Waals surface area contributed by atoms with E-state index in [4.69, 9.17) is 6.57 Å². The van der Waals surface area contributed by atoms with Crippen LogP contribution < -0.4 is 5.32 Å². The molecule has 2 N–H and O–H groups in total. The number of ketones is 1. The lowest BCUT2D eigenvalue weighted by atomic mass is 9.85. The second-order valence-corrected chi connectivity index (χ2v) is 12.1. The molecule has 2 aromatic carbocycles. The Labute approximate surface area is 238 Å². The van der Waals surface area contributed by atoms with Gasteiger partial charge in [0.15, 0.2) is 11.5 Å². The Morgan fingerprint density at radius 1 is 1.18 bits per heavy atom. The number of nitrogens with one attached hydrogen (secondary N) is 1. The number of aryl methyl sites for hydroxylation is 2. The van der Waals surface area contributed by atoms with Crippen LogP contribution in [0.1, 0.15) is 55.2 Å². The fourth-order valence-electron chi connectivity index (χ4n) is 4.98. The first-order chi connectivity index (χ1) is 19.0. The first kappa shape index (κ1) is 29.1. The topological polar surface area (TPSA) is 104 Å². The molecule has 40 heavy (non-hydrogen) atoms. The number of carbonyl (C=O) groups excluding carboxylic acids is 3. The summed E-state index contributed by atoms with van der Waals surface area (Å²) >= 11 is 1.59. The van der Waals surface area contributed by atoms with Crippen molar-refractivity contribution in [3.05, 3.63) is 82.3 Å². The third kappa shape index (κ3) is 6.46. The highest BCUT2D eigenvalue weighted by molar-refractivity contribution is 7.13. The van der Waals surface area contributed by atoms with Crippen molar-refractivity contribution < 1.29 is 19.5 Å². The highest BCUT2D eigenvalue weighted by Crippen LogP contribution is 2.29. The highest BCUT2D eigenvalue weighted by Gasteiger charge is 2.44. The number of aliphatic hydroxyl groups excluding tert-OH is 1. The normalized spacial score (nSPS) is 17.8. The van der Waals surface area contributed by atoms with Crippen molar-refractivity contribution in [1.29, 1.82) is 0 Å². The van der Waals surface area contributed by atoms with E-state index in [1.54, 1.807) is 35.6 Å². The van der Waals surface area contributed by atoms with E-state index in [-0.39, 0.29) is 36.4 Å². The Balaban J connectivity index is 1.46. The van der Waals surface area contributed by atoms with E-state index < -0.39 is 35.4 Å². The maximum absolute atomic E-state index is 13.8. The summed E-state index contributed by atoms with van der Waals surface area (Å²) in [4.78, 5) is 50.5. The van der Waals surface area contributed by atoms with Crippen LogP contribution >= 0.6 is 11.3 Å². The van der Waals surface area contributed by atoms with Crippen molar-refractivity contribution >= 4 is 34.6 Å². The minimum absolute atomic E-state index is 0.0270. The second-order valence-electron chi connectivity index (χ2n) is 11.2. The van der Waals surface area contributed by atoms with Gasteiger partial charge in [-0.3, -0.25) is 14.4 Å². The number of carbonyl (C=O) groups is 3. The number of hydrogen-bond donors (Lipinski definition) is 2. The molecule has 4 rings (SSSR count). The Hall–Kier alpha value is -3.87. The highest BCUT2D eigenvalue weighted by atomic mass is 32.1. The zero-order valence-electron chi connectivity index (χ0n) is 23.2. The molecule has 1 saturated heterocycles. The first-order valence-electron chi connectivity index (χ1n) is 13.3. The van der Waals surface area contributed by atoms with Gasteiger partial charge in [0.25, 0.3) is 0 Å². The second kappa shape index (κ2) is 12.1. The van der Waals surface area contributed by atoms with Gasteiger partial charge in [-0.05, 0) is 29.9 Å². The van der Waals surface area contributed by atoms with Gasteiger partial charge >= 0.3 is 0 Å². The number of hydrogen-bond acceptors (Lipinski definition) is 6. The number of benzene rings is 2. The van der Waals surface area contributed by atoms with Gasteiger partial charge in [-0.15, -0.1) is 11.3 Å². The minimum atomic E-state index is -0.956. The van der Waals surface area contributed by atoms with E-state index in [2.05, 4.69) is 15.1 Å². The summed E-state index contributed by atoms with van der Waals surface area (Å²) in [6.07, 6.45) is 0.0892. The monoisotopic (exact) mass is 558 g/mol. The van der Waals surface area contributed by atoms with E-state index in [1.165, 1.54) is 4.90 Å². The molecule has 0 bridgehead atoms. The number of rotatable bonds is 8. The maximum Gasteiger partial charge on any atom is 0.246 e. The summed E-state index contributed by atoms with van der Waals surface area (Å²) in [7, 11) is 0. The molecule has 1 aliphatic heterocycles. The van der Waals surface area contributed by atoms with Gasteiger partial charge in [-0.1, -0.05) is 69.3 Å². The number of Topliss-reactive ketones (excluding diaryl/α,β-unsaturated/α-hetero) is 1. The molecular formula is C31H34N4O4S. The zero-order chi connectivity index (χ0) is 29.0. The van der Waals surface area contributed by atoms with Crippen molar-refractivity contribution in [3.63, 3.8) is 0 Å². The molecule has 0 aliphatic carbocycles. The number of aromatic nitrogens is 1. The van der Waals surface area contributed by atoms with Crippen LogP contribution in [0.15, 0.2) is 54.0 Å². The standard InChI is InChI=1S/C31H34N4O4S/c1-19-27(40-18-33-19)21-13-10-20(11-14-21)12-15-26(37)25-16-22(36)17-35(25)30(39)28(31(2,3)4)34-29(38)23-8-6-7-9-24(23)32-5/h6-11,13-14,18,22,25,28,36H,12,15-17H2,1-4H3,(H,34,38)/t22-,25+,28-/m1/s1. The number of para-hydroxylation sites is 1. The van der Waals surface area contributed by atoms with Crippen LogP contribution in [-0.4, -0.2) is 57.3 Å². The van der Waals surface area contributed by atoms with Gasteiger partial charge in [0.1, 0.15) is 6.04 Å². The lowest BCUT2D eigenvalue weighted by molar-refractivity contribution is -0.141. The van der Waals surface area contributed by atoms with Crippen LogP contribution in [0.3, 0.4) is 0 Å². The van der Waals surface area contributed by atoms with Crippen molar-refractivity contribution in [2.75, 3.05) is 6.54 Å². The largest absolute Gasteiger partial charge is 0.391 e. The molecule has 8 nitrogen and oxygen atoms in total. The average molecular weight is 559 g/mol. The van der Waals surface area contributed by atoms with Gasteiger partial charge < -0.3 is 15.3 Å². The molecular weight excluding hydrogens is 524 g/mol. The van der Waals surface area contributed by atoms with Gasteiger partial charge in [0.2, 0.25) is 11.8 Å². The SMILES string of the molecule is [C-]#[N+]c1ccccc1C(=O)N[C@H](C(=O)N1C[C@H](O)C[C@H]1C(=O)CCc1ccc(-c2scnc2C)cc1)C(C)(C)C. The van der Waals surface area contributed by atoms with Crippen LogP contribution in [0.5, 0.6) is 0 Å². The average Bonchev–Trinajstić information content (AvgIpc) is 3.54. The summed E-state index contributed by atoms with van der Waals surface area (Å²) in [6.45, 7) is 14.9. The molecule has 2 amide bonds. The van der Waals surface area contributed by atoms with Crippen LogP contribution in [0, 0.1) is 18.9 Å². The van der Waals surface area contributed by atoms with Crippen molar-refractivity contribution in [1.82, 2.24) is 15.2 Å². The predicted molar refractivity (Wildman–Crippen MR) is 155 cm³/mol. The van der Waals surface area contributed by atoms with Crippen LogP contribution in [0.25, 0.3) is 15.3 Å². The molecule has 0 unspecified atom stereocenters. The fraction of sp³-hybridized carbons (Fsp3) is 0.387. The van der Waals surface area contributed by atoms with Crippen LogP contribution in [-0.2, 0) is 16.0 Å². The Bertz CT molecular complexity index is 1430. The zero-order valence-corrected chi connectivity index (χ0v) is 24.0. The Kier molecular flexibility index (Phi) is 8.82. The molecule has 208 valence electrons. The van der Waals surface area contributed by atoms with Gasteiger partial charge in [-0.25, -0.2) is 9.83 Å². The molecule has 0 radical (unpaired) electrons. The van der Waals surface area contributed by atoms with Gasteiger partial charge in [0.05, 0.1) is 34.8 Å². The number of likely N-dealkylation sites (tertiary alicyclic amines) is 1. The number of thiazole rings is 1. The molecule has 1 fully saturated rings. The third-order valence-corrected chi connectivity index (χ3v) is 8.19. The van der Waals surface area contributed by atoms with Gasteiger partial charge in [0, 0.05) is 24.9 Å². The van der Waals surface area contributed by atoms with Crippen molar-refractivity contribution in [2.24, 2.45) is 5.41 Å². The Morgan fingerprint density at radius 3 is 2.50 bits per heavy atom. The molecule has 3 atom stereocenters. The summed E-state index contributed by atoms with van der Waals surface area (Å²) in [5.41, 5.74) is 4.60. The van der Waals surface area contributed by atoms with E-state index in [0.29, 0.717) is 6.42 Å². The van der Waals surface area contributed by atoms with Crippen molar-refractivity contribution in [2.45, 2.75) is 65.1 Å². The van der Waals surface area contributed by atoms with E-state index >= 15 is 0 Å². The molecule has 3 aromatic rings. The molecule has 1 aromatic heterocycles. The fourth-order valence-corrected chi connectivity index (χ4v) is 5.80. The lowest BCUT2D eigenvalue weighted by Gasteiger charge is -2.35. The van der Waals surface area contributed by atoms with Crippen molar-refractivity contribution in [3.8, 4) is 10.4 Å². The minimum Gasteiger partial charge on any atom is -0.391 e. The molecule has 9 heteroatoms. The molecule has 0 saturated carbocycles. The summed E-state index contributed by atoms with van der Waals surface area (Å²) in [5.74, 6) is -1.07. The first-order valence-corrected chi connectivity index (χ1v) is 14.2. The lowest BCUT2D eigenvalue weighted by Crippen LogP contribution is -2.56. The summed E-state index contributed by atoms with van der Waals surface area (Å²) < 4.78 is 0. The number of nitrogens with zero attached hydrogens (tertiary/aromatic N) is 3. The number of β-amino-alcohol motifs (C(OH)–C–C–N with tert-alkyl or cyclic N) is 1.